The van der Waals surface area contributed by atoms with Crippen LogP contribution >= 0.6 is 11.6 Å². The molecule has 9 heteroatoms. The molecule has 1 aliphatic heterocycles. The van der Waals surface area contributed by atoms with Gasteiger partial charge in [0.2, 0.25) is 5.91 Å². The number of likely N-dealkylation sites (tertiary alicyclic amines) is 1. The summed E-state index contributed by atoms with van der Waals surface area (Å²) in [6, 6.07) is 13.0. The fourth-order valence-corrected chi connectivity index (χ4v) is 5.64. The van der Waals surface area contributed by atoms with E-state index in [-0.39, 0.29) is 11.3 Å². The minimum Gasteiger partial charge on any atom is -0.457 e. The second-order valence-electron chi connectivity index (χ2n) is 7.23. The average molecular weight is 439 g/mol. The highest BCUT2D eigenvalue weighted by atomic mass is 35.5. The largest absolute Gasteiger partial charge is 0.457 e. The van der Waals surface area contributed by atoms with Gasteiger partial charge in [-0.05, 0) is 81.5 Å². The van der Waals surface area contributed by atoms with Crippen LogP contribution in [-0.2, 0) is 14.6 Å². The van der Waals surface area contributed by atoms with E-state index in [1.54, 1.807) is 41.9 Å². The molecule has 2 aromatic rings. The summed E-state index contributed by atoms with van der Waals surface area (Å²) >= 11 is 5.86. The van der Waals surface area contributed by atoms with Crippen molar-refractivity contribution in [1.82, 2.24) is 10.4 Å². The molecule has 156 valence electrons. The molecule has 3 rings (SSSR count). The lowest BCUT2D eigenvalue weighted by Crippen LogP contribution is -2.50. The summed E-state index contributed by atoms with van der Waals surface area (Å²) < 4.78 is 31.3. The molecule has 1 fully saturated rings. The van der Waals surface area contributed by atoms with Crippen molar-refractivity contribution in [2.45, 2.75) is 28.9 Å². The van der Waals surface area contributed by atoms with Crippen LogP contribution in [0.4, 0.5) is 0 Å². The molecule has 0 bridgehead atoms. The molecule has 1 amide bonds. The van der Waals surface area contributed by atoms with E-state index in [9.17, 15) is 13.2 Å². The first kappa shape index (κ1) is 21.6. The van der Waals surface area contributed by atoms with Gasteiger partial charge >= 0.3 is 0 Å². The number of nitrogens with one attached hydrogen (secondary N) is 1. The first-order chi connectivity index (χ1) is 13.8. The summed E-state index contributed by atoms with van der Waals surface area (Å²) in [5.74, 6) is 0.356. The van der Waals surface area contributed by atoms with Gasteiger partial charge in [-0.15, -0.1) is 0 Å². The minimum absolute atomic E-state index is 0.122. The van der Waals surface area contributed by atoms with Gasteiger partial charge in [0, 0.05) is 11.4 Å². The van der Waals surface area contributed by atoms with Gasteiger partial charge in [0.1, 0.15) is 11.5 Å². The SMILES string of the molecule is CN1CCC(CC(=O)NO)(S(=O)(=O)c2ccc(Oc3ccc(Cl)cc3)cc2)CC1. The Morgan fingerprint density at radius 1 is 1.10 bits per heavy atom. The van der Waals surface area contributed by atoms with Crippen LogP contribution in [0.25, 0.3) is 0 Å². The van der Waals surface area contributed by atoms with Crippen molar-refractivity contribution in [1.29, 1.82) is 0 Å². The third-order valence-corrected chi connectivity index (χ3v) is 8.10. The van der Waals surface area contributed by atoms with E-state index in [1.165, 1.54) is 12.1 Å². The van der Waals surface area contributed by atoms with Gasteiger partial charge < -0.3 is 9.64 Å². The summed E-state index contributed by atoms with van der Waals surface area (Å²) in [4.78, 5) is 14.0. The standard InChI is InChI=1S/C20H23ClN2O5S/c1-23-12-10-20(11-13-23,14-19(24)22-25)29(26,27)18-8-6-17(7-9-18)28-16-4-2-15(21)3-5-16/h2-9,25H,10-14H2,1H3,(H,22,24). The van der Waals surface area contributed by atoms with Crippen LogP contribution in [0.5, 0.6) is 11.5 Å². The molecule has 0 radical (unpaired) electrons. The monoisotopic (exact) mass is 438 g/mol. The van der Waals surface area contributed by atoms with Crippen LogP contribution in [0.15, 0.2) is 53.4 Å². The van der Waals surface area contributed by atoms with Gasteiger partial charge in [-0.1, -0.05) is 11.6 Å². The Kier molecular flexibility index (Phi) is 6.48. The molecule has 0 atom stereocenters. The number of nitrogens with zero attached hydrogens (tertiary/aromatic N) is 1. The van der Waals surface area contributed by atoms with Gasteiger partial charge in [0.05, 0.1) is 9.64 Å². The van der Waals surface area contributed by atoms with Crippen LogP contribution in [0.1, 0.15) is 19.3 Å². The molecule has 0 unspecified atom stereocenters. The maximum Gasteiger partial charge on any atom is 0.244 e. The average Bonchev–Trinajstić information content (AvgIpc) is 2.72. The Bertz CT molecular complexity index is 953. The highest BCUT2D eigenvalue weighted by Gasteiger charge is 2.47. The molecule has 1 saturated heterocycles. The number of hydrogen-bond donors (Lipinski definition) is 2. The summed E-state index contributed by atoms with van der Waals surface area (Å²) in [5.41, 5.74) is 1.57. The van der Waals surface area contributed by atoms with Gasteiger partial charge in [-0.2, -0.15) is 0 Å². The number of hydroxylamine groups is 1. The van der Waals surface area contributed by atoms with Crippen molar-refractivity contribution in [3.8, 4) is 11.5 Å². The number of benzene rings is 2. The van der Waals surface area contributed by atoms with Crippen LogP contribution in [0.2, 0.25) is 5.02 Å². The zero-order chi connectivity index (χ0) is 21.1. The summed E-state index contributed by atoms with van der Waals surface area (Å²) in [7, 11) is -1.91. The number of halogens is 1. The maximum atomic E-state index is 13.4. The van der Waals surface area contributed by atoms with Crippen LogP contribution < -0.4 is 10.2 Å². The number of ether oxygens (including phenoxy) is 1. The van der Waals surface area contributed by atoms with E-state index in [0.29, 0.717) is 42.5 Å². The smallest absolute Gasteiger partial charge is 0.244 e. The second kappa shape index (κ2) is 8.71. The number of amides is 1. The molecule has 7 nitrogen and oxygen atoms in total. The number of carbonyl (C=O) groups is 1. The highest BCUT2D eigenvalue weighted by molar-refractivity contribution is 7.92. The molecule has 0 saturated carbocycles. The topological polar surface area (TPSA) is 95.9 Å². The zero-order valence-corrected chi connectivity index (χ0v) is 17.5. The predicted molar refractivity (Wildman–Crippen MR) is 109 cm³/mol. The van der Waals surface area contributed by atoms with E-state index in [4.69, 9.17) is 21.5 Å². The lowest BCUT2D eigenvalue weighted by Gasteiger charge is -2.39. The molecular weight excluding hydrogens is 416 g/mol. The van der Waals surface area contributed by atoms with E-state index in [0.717, 1.165) is 0 Å². The molecule has 0 aliphatic carbocycles. The van der Waals surface area contributed by atoms with Gasteiger partial charge in [-0.3, -0.25) is 10.0 Å². The number of hydrogen-bond acceptors (Lipinski definition) is 6. The lowest BCUT2D eigenvalue weighted by molar-refractivity contribution is -0.130. The lowest BCUT2D eigenvalue weighted by atomic mass is 9.92. The summed E-state index contributed by atoms with van der Waals surface area (Å²) in [5, 5.41) is 9.52. The minimum atomic E-state index is -3.82. The first-order valence-electron chi connectivity index (χ1n) is 9.15. The molecule has 2 aromatic carbocycles. The van der Waals surface area contributed by atoms with Crippen molar-refractivity contribution in [2.75, 3.05) is 20.1 Å². The molecule has 29 heavy (non-hydrogen) atoms. The van der Waals surface area contributed by atoms with Crippen LogP contribution in [0, 0.1) is 0 Å². The van der Waals surface area contributed by atoms with Crippen LogP contribution in [-0.4, -0.2) is 49.3 Å². The number of sulfone groups is 1. The van der Waals surface area contributed by atoms with Gasteiger partial charge in [-0.25, -0.2) is 13.9 Å². The number of carbonyl (C=O) groups excluding carboxylic acids is 1. The van der Waals surface area contributed by atoms with Crippen molar-refractivity contribution in [3.05, 3.63) is 53.6 Å². The molecule has 0 spiro atoms. The summed E-state index contributed by atoms with van der Waals surface area (Å²) in [6.07, 6.45) is 0.327. The Morgan fingerprint density at radius 2 is 1.62 bits per heavy atom. The van der Waals surface area contributed by atoms with Gasteiger partial charge in [0.25, 0.3) is 0 Å². The molecule has 2 N–H and O–H groups in total. The Morgan fingerprint density at radius 3 is 2.14 bits per heavy atom. The third-order valence-electron chi connectivity index (χ3n) is 5.26. The number of rotatable bonds is 6. The fraction of sp³-hybridized carbons (Fsp3) is 0.350. The Hall–Kier alpha value is -2.13. The van der Waals surface area contributed by atoms with Crippen molar-refractivity contribution < 1.29 is 23.2 Å². The Labute approximate surface area is 175 Å². The molecule has 1 aliphatic rings. The zero-order valence-electron chi connectivity index (χ0n) is 16.0. The molecular formula is C20H23ClN2O5S. The van der Waals surface area contributed by atoms with Crippen molar-refractivity contribution >= 4 is 27.3 Å². The quantitative estimate of drug-likeness (QED) is 0.530. The summed E-state index contributed by atoms with van der Waals surface area (Å²) in [6.45, 7) is 1.10. The second-order valence-corrected chi connectivity index (χ2v) is 10.0. The van der Waals surface area contributed by atoms with E-state index < -0.39 is 20.5 Å². The van der Waals surface area contributed by atoms with Gasteiger partial charge in [0.15, 0.2) is 9.84 Å². The molecule has 0 aromatic heterocycles. The first-order valence-corrected chi connectivity index (χ1v) is 11.0. The van der Waals surface area contributed by atoms with Crippen molar-refractivity contribution in [3.63, 3.8) is 0 Å². The van der Waals surface area contributed by atoms with Crippen molar-refractivity contribution in [2.24, 2.45) is 0 Å². The van der Waals surface area contributed by atoms with Crippen LogP contribution in [0.3, 0.4) is 0 Å². The predicted octanol–water partition coefficient (Wildman–Crippen LogP) is 3.27. The Balaban J connectivity index is 1.86. The fourth-order valence-electron chi connectivity index (χ4n) is 3.47. The maximum absolute atomic E-state index is 13.4. The third kappa shape index (κ3) is 4.72. The number of piperidine rings is 1. The van der Waals surface area contributed by atoms with E-state index in [2.05, 4.69) is 0 Å². The van der Waals surface area contributed by atoms with E-state index >= 15 is 0 Å². The highest BCUT2D eigenvalue weighted by Crippen LogP contribution is 2.38. The normalized spacial score (nSPS) is 16.9. The molecule has 1 heterocycles. The van der Waals surface area contributed by atoms with E-state index in [1.807, 2.05) is 11.9 Å².